The first-order valence-corrected chi connectivity index (χ1v) is 6.91. The molecule has 1 atom stereocenters. The Labute approximate surface area is 110 Å². The second-order valence-corrected chi connectivity index (χ2v) is 5.54. The van der Waals surface area contributed by atoms with Crippen molar-refractivity contribution in [1.29, 1.82) is 0 Å². The summed E-state index contributed by atoms with van der Waals surface area (Å²) in [5.74, 6) is 6.10. The number of rotatable bonds is 4. The molecule has 17 heavy (non-hydrogen) atoms. The van der Waals surface area contributed by atoms with E-state index in [9.17, 15) is 4.39 Å². The highest BCUT2D eigenvalue weighted by Crippen LogP contribution is 2.35. The van der Waals surface area contributed by atoms with E-state index < -0.39 is 0 Å². The second-order valence-electron chi connectivity index (χ2n) is 4.75. The average molecular weight is 301 g/mol. The first kappa shape index (κ1) is 13.0. The molecule has 1 fully saturated rings. The van der Waals surface area contributed by atoms with E-state index in [0.717, 1.165) is 12.0 Å². The number of hydrogen-bond donors (Lipinski definition) is 2. The van der Waals surface area contributed by atoms with Gasteiger partial charge in [0.25, 0.3) is 0 Å². The molecule has 0 radical (unpaired) electrons. The largest absolute Gasteiger partial charge is 0.271 e. The van der Waals surface area contributed by atoms with E-state index in [2.05, 4.69) is 21.4 Å². The highest BCUT2D eigenvalue weighted by atomic mass is 79.9. The summed E-state index contributed by atoms with van der Waals surface area (Å²) >= 11 is 3.30. The Morgan fingerprint density at radius 2 is 2.12 bits per heavy atom. The molecule has 0 spiro atoms. The van der Waals surface area contributed by atoms with E-state index in [-0.39, 0.29) is 11.9 Å². The van der Waals surface area contributed by atoms with Gasteiger partial charge in [-0.05, 0) is 39.9 Å². The lowest BCUT2D eigenvalue weighted by atomic mass is 9.94. The van der Waals surface area contributed by atoms with Gasteiger partial charge in [-0.2, -0.15) is 0 Å². The summed E-state index contributed by atoms with van der Waals surface area (Å²) in [4.78, 5) is 0. The molecule has 0 aromatic heterocycles. The first-order chi connectivity index (χ1) is 8.22. The van der Waals surface area contributed by atoms with E-state index in [1.807, 2.05) is 6.07 Å². The smallest absolute Gasteiger partial charge is 0.137 e. The molecular formula is C13H18BrFN2. The maximum Gasteiger partial charge on any atom is 0.137 e. The van der Waals surface area contributed by atoms with Gasteiger partial charge < -0.3 is 0 Å². The molecule has 1 aromatic rings. The molecule has 0 amide bonds. The van der Waals surface area contributed by atoms with Gasteiger partial charge in [0.05, 0.1) is 4.47 Å². The predicted octanol–water partition coefficient (Wildman–Crippen LogP) is 3.67. The minimum atomic E-state index is -0.228. The van der Waals surface area contributed by atoms with Gasteiger partial charge in [0.15, 0.2) is 0 Å². The van der Waals surface area contributed by atoms with Gasteiger partial charge in [0.1, 0.15) is 5.82 Å². The van der Waals surface area contributed by atoms with Crippen molar-refractivity contribution in [2.75, 3.05) is 0 Å². The zero-order valence-corrected chi connectivity index (χ0v) is 11.3. The van der Waals surface area contributed by atoms with Crippen molar-refractivity contribution >= 4 is 15.9 Å². The third kappa shape index (κ3) is 3.06. The van der Waals surface area contributed by atoms with Gasteiger partial charge in [-0.25, -0.2) is 4.39 Å². The fourth-order valence-electron chi connectivity index (χ4n) is 2.65. The van der Waals surface area contributed by atoms with Gasteiger partial charge in [0, 0.05) is 6.04 Å². The number of nitrogens with one attached hydrogen (secondary N) is 1. The van der Waals surface area contributed by atoms with Crippen LogP contribution in [-0.4, -0.2) is 0 Å². The number of halogens is 2. The first-order valence-electron chi connectivity index (χ1n) is 6.12. The maximum absolute atomic E-state index is 13.5. The lowest BCUT2D eigenvalue weighted by molar-refractivity contribution is 0.398. The SMILES string of the molecule is NNC(CC1CCCC1)c1cccc(F)c1Br. The molecular weight excluding hydrogens is 283 g/mol. The quantitative estimate of drug-likeness (QED) is 0.658. The standard InChI is InChI=1S/C13H18BrFN2/c14-13-10(6-3-7-11(13)15)12(17-16)8-9-4-1-2-5-9/h3,6-7,9,12,17H,1-2,4-5,8,16H2. The summed E-state index contributed by atoms with van der Waals surface area (Å²) in [6, 6.07) is 5.14. The summed E-state index contributed by atoms with van der Waals surface area (Å²) in [5.41, 5.74) is 3.73. The summed E-state index contributed by atoms with van der Waals surface area (Å²) in [6.45, 7) is 0. The van der Waals surface area contributed by atoms with E-state index in [4.69, 9.17) is 5.84 Å². The van der Waals surface area contributed by atoms with Crippen molar-refractivity contribution in [1.82, 2.24) is 5.43 Å². The van der Waals surface area contributed by atoms with Gasteiger partial charge in [-0.15, -0.1) is 0 Å². The molecule has 0 heterocycles. The lowest BCUT2D eigenvalue weighted by Gasteiger charge is -2.21. The molecule has 1 unspecified atom stereocenters. The lowest BCUT2D eigenvalue weighted by Crippen LogP contribution is -2.29. The van der Waals surface area contributed by atoms with Crippen molar-refractivity contribution in [3.05, 3.63) is 34.1 Å². The Bertz CT molecular complexity index is 378. The van der Waals surface area contributed by atoms with Gasteiger partial charge in [-0.3, -0.25) is 11.3 Å². The van der Waals surface area contributed by atoms with Gasteiger partial charge in [-0.1, -0.05) is 37.8 Å². The van der Waals surface area contributed by atoms with Crippen molar-refractivity contribution in [2.45, 2.75) is 38.1 Å². The van der Waals surface area contributed by atoms with Crippen LogP contribution in [0.3, 0.4) is 0 Å². The Hall–Kier alpha value is -0.450. The number of benzene rings is 1. The van der Waals surface area contributed by atoms with E-state index in [0.29, 0.717) is 10.4 Å². The minimum Gasteiger partial charge on any atom is -0.271 e. The molecule has 1 aliphatic rings. The van der Waals surface area contributed by atoms with E-state index in [1.54, 1.807) is 6.07 Å². The molecule has 94 valence electrons. The minimum absolute atomic E-state index is 0.0307. The predicted molar refractivity (Wildman–Crippen MR) is 70.7 cm³/mol. The van der Waals surface area contributed by atoms with Crippen LogP contribution in [-0.2, 0) is 0 Å². The van der Waals surface area contributed by atoms with Crippen LogP contribution >= 0.6 is 15.9 Å². The van der Waals surface area contributed by atoms with Crippen LogP contribution in [0.25, 0.3) is 0 Å². The molecule has 2 nitrogen and oxygen atoms in total. The van der Waals surface area contributed by atoms with Gasteiger partial charge >= 0.3 is 0 Å². The topological polar surface area (TPSA) is 38.0 Å². The summed E-state index contributed by atoms with van der Waals surface area (Å²) in [7, 11) is 0. The second kappa shape index (κ2) is 5.94. The fourth-order valence-corrected chi connectivity index (χ4v) is 3.19. The third-order valence-electron chi connectivity index (χ3n) is 3.60. The molecule has 1 aliphatic carbocycles. The normalized spacial score (nSPS) is 18.5. The molecule has 3 N–H and O–H groups in total. The molecule has 1 saturated carbocycles. The van der Waals surface area contributed by atoms with Crippen molar-refractivity contribution in [3.63, 3.8) is 0 Å². The van der Waals surface area contributed by atoms with Crippen LogP contribution in [0.5, 0.6) is 0 Å². The van der Waals surface area contributed by atoms with Crippen LogP contribution in [0.4, 0.5) is 4.39 Å². The van der Waals surface area contributed by atoms with Crippen LogP contribution in [0, 0.1) is 11.7 Å². The van der Waals surface area contributed by atoms with E-state index >= 15 is 0 Å². The van der Waals surface area contributed by atoms with E-state index in [1.165, 1.54) is 31.7 Å². The molecule has 0 bridgehead atoms. The summed E-state index contributed by atoms with van der Waals surface area (Å²) in [6.07, 6.45) is 6.15. The molecule has 1 aromatic carbocycles. The summed E-state index contributed by atoms with van der Waals surface area (Å²) in [5, 5.41) is 0. The molecule has 2 rings (SSSR count). The molecule has 0 saturated heterocycles. The monoisotopic (exact) mass is 300 g/mol. The Kier molecular flexibility index (Phi) is 4.54. The van der Waals surface area contributed by atoms with Crippen molar-refractivity contribution in [3.8, 4) is 0 Å². The average Bonchev–Trinajstić information content (AvgIpc) is 2.83. The number of nitrogens with two attached hydrogens (primary N) is 1. The molecule has 0 aliphatic heterocycles. The Balaban J connectivity index is 2.13. The highest BCUT2D eigenvalue weighted by molar-refractivity contribution is 9.10. The maximum atomic E-state index is 13.5. The number of hydrogen-bond acceptors (Lipinski definition) is 2. The van der Waals surface area contributed by atoms with Crippen LogP contribution < -0.4 is 11.3 Å². The van der Waals surface area contributed by atoms with Gasteiger partial charge in [0.2, 0.25) is 0 Å². The van der Waals surface area contributed by atoms with Crippen LogP contribution in [0.1, 0.15) is 43.7 Å². The third-order valence-corrected chi connectivity index (χ3v) is 4.44. The Morgan fingerprint density at radius 3 is 2.76 bits per heavy atom. The van der Waals surface area contributed by atoms with Crippen molar-refractivity contribution in [2.24, 2.45) is 11.8 Å². The zero-order chi connectivity index (χ0) is 12.3. The summed E-state index contributed by atoms with van der Waals surface area (Å²) < 4.78 is 14.0. The van der Waals surface area contributed by atoms with Crippen LogP contribution in [0.2, 0.25) is 0 Å². The fraction of sp³-hybridized carbons (Fsp3) is 0.538. The van der Waals surface area contributed by atoms with Crippen molar-refractivity contribution < 1.29 is 4.39 Å². The highest BCUT2D eigenvalue weighted by Gasteiger charge is 2.22. The Morgan fingerprint density at radius 1 is 1.41 bits per heavy atom. The number of hydrazine groups is 1. The van der Waals surface area contributed by atoms with Crippen LogP contribution in [0.15, 0.2) is 22.7 Å². The molecule has 4 heteroatoms. The zero-order valence-electron chi connectivity index (χ0n) is 9.76.